The van der Waals surface area contributed by atoms with E-state index in [2.05, 4.69) is 5.09 Å². The number of nitrogens with zero attached hydrogens (tertiary/aromatic N) is 1. The molecular weight excluding hydrogens is 544 g/mol. The molecule has 1 aromatic heterocycles. The lowest BCUT2D eigenvalue weighted by Crippen LogP contribution is -2.52. The van der Waals surface area contributed by atoms with Crippen LogP contribution < -0.4 is 16.3 Å². The number of halogens is 2. The molecule has 17 heteroatoms. The minimum atomic E-state index is -4.58. The van der Waals surface area contributed by atoms with Crippen molar-refractivity contribution < 1.29 is 46.9 Å². The lowest BCUT2D eigenvalue weighted by Gasteiger charge is -2.31. The lowest BCUT2D eigenvalue weighted by atomic mass is 9.95. The summed E-state index contributed by atoms with van der Waals surface area (Å²) in [5, 5.41) is 13.3. The maximum absolute atomic E-state index is 16.2. The van der Waals surface area contributed by atoms with Gasteiger partial charge in [-0.05, 0) is 34.6 Å². The Labute approximate surface area is 215 Å². The van der Waals surface area contributed by atoms with Crippen molar-refractivity contribution in [1.29, 1.82) is 0 Å². The number of esters is 2. The fourth-order valence-electron chi connectivity index (χ4n) is 3.45. The van der Waals surface area contributed by atoms with E-state index >= 15 is 4.39 Å². The number of aliphatic hydroxyl groups is 1. The first-order valence-electron chi connectivity index (χ1n) is 11.0. The van der Waals surface area contributed by atoms with Crippen molar-refractivity contribution in [2.24, 2.45) is 0 Å². The third kappa shape index (κ3) is 7.69. The van der Waals surface area contributed by atoms with Crippen molar-refractivity contribution in [2.45, 2.75) is 83.0 Å². The summed E-state index contributed by atoms with van der Waals surface area (Å²) in [6, 6.07) is -0.342. The van der Waals surface area contributed by atoms with Crippen LogP contribution >= 0.6 is 19.3 Å². The molecule has 0 saturated carbocycles. The van der Waals surface area contributed by atoms with E-state index < -0.39 is 79.0 Å². The van der Waals surface area contributed by atoms with Crippen LogP contribution in [-0.2, 0) is 37.4 Å². The summed E-state index contributed by atoms with van der Waals surface area (Å²) in [5.41, 5.74) is -5.48. The molecule has 1 aliphatic heterocycles. The average Bonchev–Trinajstić information content (AvgIpc) is 2.92. The normalized spacial score (nSPS) is 28.9. The summed E-state index contributed by atoms with van der Waals surface area (Å²) in [6.45, 7) is 6.40. The number of aromatic nitrogens is 2. The number of alkyl halides is 2. The highest BCUT2D eigenvalue weighted by atomic mass is 35.5. The zero-order chi connectivity index (χ0) is 28.3. The third-order valence-electron chi connectivity index (χ3n) is 4.89. The first kappa shape index (κ1) is 31.1. The zero-order valence-electron chi connectivity index (χ0n) is 20.9. The summed E-state index contributed by atoms with van der Waals surface area (Å²) >= 11 is 5.78. The first-order valence-corrected chi connectivity index (χ1v) is 13.0. The fraction of sp³-hybridized carbons (Fsp3) is 0.700. The van der Waals surface area contributed by atoms with E-state index in [1.165, 1.54) is 13.8 Å². The van der Waals surface area contributed by atoms with E-state index in [4.69, 9.17) is 34.9 Å². The van der Waals surface area contributed by atoms with Gasteiger partial charge < -0.3 is 19.3 Å². The minimum absolute atomic E-state index is 0.495. The van der Waals surface area contributed by atoms with Gasteiger partial charge in [0.2, 0.25) is 0 Å². The van der Waals surface area contributed by atoms with Crippen molar-refractivity contribution in [3.05, 3.63) is 33.1 Å². The third-order valence-corrected chi connectivity index (χ3v) is 6.87. The van der Waals surface area contributed by atoms with E-state index in [9.17, 15) is 28.8 Å². The maximum atomic E-state index is 16.2. The predicted octanol–water partition coefficient (Wildman–Crippen LogP) is 1.07. The Balaban J connectivity index is 2.40. The molecule has 2 rings (SSSR count). The van der Waals surface area contributed by atoms with Gasteiger partial charge in [-0.25, -0.2) is 18.8 Å². The zero-order valence-corrected chi connectivity index (χ0v) is 22.6. The number of carbonyl (C=O) groups is 2. The number of ether oxygens (including phenoxy) is 3. The van der Waals surface area contributed by atoms with Gasteiger partial charge in [0.25, 0.3) is 11.4 Å². The summed E-state index contributed by atoms with van der Waals surface area (Å²) in [7, 11) is -4.58. The number of H-pyrrole nitrogens is 1. The van der Waals surface area contributed by atoms with Crippen LogP contribution in [0, 0.1) is 0 Å². The summed E-state index contributed by atoms with van der Waals surface area (Å²) < 4.78 is 55.7. The van der Waals surface area contributed by atoms with Gasteiger partial charge in [0, 0.05) is 19.2 Å². The topological polar surface area (TPSA) is 184 Å². The molecule has 14 nitrogen and oxygen atoms in total. The van der Waals surface area contributed by atoms with Crippen molar-refractivity contribution in [1.82, 2.24) is 14.6 Å². The van der Waals surface area contributed by atoms with Crippen molar-refractivity contribution in [3.8, 4) is 0 Å². The first-order chi connectivity index (χ1) is 16.9. The molecule has 0 aromatic carbocycles. The van der Waals surface area contributed by atoms with Crippen molar-refractivity contribution in [3.63, 3.8) is 0 Å². The Morgan fingerprint density at radius 2 is 1.97 bits per heavy atom. The Hall–Kier alpha value is -2.13. The highest BCUT2D eigenvalue weighted by molar-refractivity contribution is 7.51. The second-order valence-electron chi connectivity index (χ2n) is 8.74. The molecule has 0 radical (unpaired) electrons. The molecule has 2 unspecified atom stereocenters. The molecule has 2 heterocycles. The van der Waals surface area contributed by atoms with Gasteiger partial charge in [0.15, 0.2) is 12.3 Å². The highest BCUT2D eigenvalue weighted by Crippen LogP contribution is 2.51. The van der Waals surface area contributed by atoms with Crippen LogP contribution in [0.15, 0.2) is 21.9 Å². The van der Waals surface area contributed by atoms with Gasteiger partial charge in [-0.15, -0.1) is 0 Å². The standard InChI is InChI=1S/C20H30ClFN3O11P/c1-10(2)33-15(28)11(3)24-37(31,36-12(4)21)32-9-20(22)16(34-13(5)26)19(6,30)17(35-20)25-8-7-14(27)23-18(25)29/h7-8,10-12,16-17,30H,9H2,1-6H3,(H,24,31)(H,23,27,29)/t11-,12?,16-,17+,19+,20+,37?/m0/s1. The van der Waals surface area contributed by atoms with Gasteiger partial charge >= 0.3 is 25.4 Å². The van der Waals surface area contributed by atoms with Crippen molar-refractivity contribution >= 4 is 31.3 Å². The average molecular weight is 574 g/mol. The van der Waals surface area contributed by atoms with Crippen molar-refractivity contribution in [2.75, 3.05) is 6.61 Å². The van der Waals surface area contributed by atoms with E-state index in [-0.39, 0.29) is 0 Å². The largest absolute Gasteiger partial charge is 0.462 e. The number of rotatable bonds is 11. The Kier molecular flexibility index (Phi) is 9.85. The maximum Gasteiger partial charge on any atom is 0.407 e. The van der Waals surface area contributed by atoms with E-state index in [1.54, 1.807) is 13.8 Å². The van der Waals surface area contributed by atoms with Crippen LogP contribution in [0.1, 0.15) is 47.8 Å². The van der Waals surface area contributed by atoms with Crippen LogP contribution in [0.3, 0.4) is 0 Å². The van der Waals surface area contributed by atoms with E-state index in [0.717, 1.165) is 26.1 Å². The quantitative estimate of drug-likeness (QED) is 0.195. The monoisotopic (exact) mass is 573 g/mol. The van der Waals surface area contributed by atoms with Crippen LogP contribution in [0.25, 0.3) is 0 Å². The Morgan fingerprint density at radius 3 is 2.49 bits per heavy atom. The molecule has 0 amide bonds. The molecule has 210 valence electrons. The van der Waals surface area contributed by atoms with E-state index in [1.807, 2.05) is 4.98 Å². The molecule has 1 fully saturated rings. The smallest absolute Gasteiger partial charge is 0.407 e. The molecule has 7 atom stereocenters. The number of carbonyl (C=O) groups excluding carboxylic acids is 2. The summed E-state index contributed by atoms with van der Waals surface area (Å²) in [5.74, 6) is -5.06. The van der Waals surface area contributed by atoms with Crippen LogP contribution in [0.4, 0.5) is 4.39 Å². The number of aromatic amines is 1. The molecule has 3 N–H and O–H groups in total. The molecule has 37 heavy (non-hydrogen) atoms. The second-order valence-corrected chi connectivity index (χ2v) is 11.1. The van der Waals surface area contributed by atoms with E-state index in [0.29, 0.717) is 4.57 Å². The summed E-state index contributed by atoms with van der Waals surface area (Å²) in [4.78, 5) is 49.5. The lowest BCUT2D eigenvalue weighted by molar-refractivity contribution is -0.214. The number of hydrogen-bond acceptors (Lipinski definition) is 11. The SMILES string of the molecule is CC(=O)O[C@H]1[C@@](C)(O)[C@H](n2ccc(=O)[nH]c2=O)O[C@]1(F)COP(=O)(N[C@@H](C)C(=O)OC(C)C)OC(C)Cl. The molecule has 1 aromatic rings. The minimum Gasteiger partial charge on any atom is -0.462 e. The van der Waals surface area contributed by atoms with Crippen LogP contribution in [-0.4, -0.2) is 68.5 Å². The van der Waals surface area contributed by atoms with Gasteiger partial charge in [0.1, 0.15) is 23.8 Å². The second kappa shape index (κ2) is 11.7. The molecule has 1 aliphatic rings. The molecule has 0 bridgehead atoms. The fourth-order valence-corrected chi connectivity index (χ4v) is 5.27. The molecular formula is C20H30ClFN3O11P. The van der Waals surface area contributed by atoms with Crippen LogP contribution in [0.2, 0.25) is 0 Å². The molecule has 0 aliphatic carbocycles. The van der Waals surface area contributed by atoms with Crippen LogP contribution in [0.5, 0.6) is 0 Å². The molecule has 1 saturated heterocycles. The van der Waals surface area contributed by atoms with Gasteiger partial charge in [0.05, 0.1) is 6.10 Å². The molecule has 0 spiro atoms. The van der Waals surface area contributed by atoms with Gasteiger partial charge in [-0.2, -0.15) is 0 Å². The summed E-state index contributed by atoms with van der Waals surface area (Å²) in [6.07, 6.45) is -3.52. The van der Waals surface area contributed by atoms with Gasteiger partial charge in [-0.3, -0.25) is 33.0 Å². The highest BCUT2D eigenvalue weighted by Gasteiger charge is 2.66. The number of hydrogen-bond donors (Lipinski definition) is 3. The van der Waals surface area contributed by atoms with Gasteiger partial charge in [-0.1, -0.05) is 11.6 Å². The Morgan fingerprint density at radius 1 is 1.35 bits per heavy atom. The predicted molar refractivity (Wildman–Crippen MR) is 125 cm³/mol. The Bertz CT molecular complexity index is 1160. The number of nitrogens with one attached hydrogen (secondary N) is 2.